The Morgan fingerprint density at radius 2 is 2.04 bits per heavy atom. The van der Waals surface area contributed by atoms with Gasteiger partial charge >= 0.3 is 6.18 Å². The second-order valence-corrected chi connectivity index (χ2v) is 5.86. The lowest BCUT2D eigenvalue weighted by molar-refractivity contribution is -0.137. The molecule has 0 radical (unpaired) electrons. The Bertz CT molecular complexity index is 637. The Labute approximate surface area is 147 Å². The van der Waals surface area contributed by atoms with E-state index in [1.807, 2.05) is 0 Å². The van der Waals surface area contributed by atoms with Gasteiger partial charge in [0, 0.05) is 7.11 Å². The Morgan fingerprint density at radius 1 is 1.38 bits per heavy atom. The number of ether oxygens (including phenoxy) is 1. The van der Waals surface area contributed by atoms with Crippen LogP contribution < -0.4 is 16.0 Å². The number of aliphatic hydroxyl groups excluding tert-OH is 1. The molecule has 1 aromatic carbocycles. The Balaban J connectivity index is 2.04. The number of benzene rings is 1. The number of amides is 2. The minimum absolute atomic E-state index is 0.1000. The average Bonchev–Trinajstić information content (AvgIpc) is 2.58. The molecule has 0 saturated carbocycles. The van der Waals surface area contributed by atoms with Crippen molar-refractivity contribution in [3.63, 3.8) is 0 Å². The van der Waals surface area contributed by atoms with Crippen molar-refractivity contribution in [1.82, 2.24) is 16.0 Å². The highest BCUT2D eigenvalue weighted by Gasteiger charge is 2.32. The average molecular weight is 375 g/mol. The van der Waals surface area contributed by atoms with E-state index >= 15 is 0 Å². The summed E-state index contributed by atoms with van der Waals surface area (Å²) >= 11 is 0. The van der Waals surface area contributed by atoms with E-state index in [4.69, 9.17) is 4.74 Å². The van der Waals surface area contributed by atoms with E-state index in [0.29, 0.717) is 5.56 Å². The highest BCUT2D eigenvalue weighted by molar-refractivity contribution is 5.89. The number of carbonyl (C=O) groups excluding carboxylic acids is 2. The molecule has 144 valence electrons. The SMILES string of the molecule is COCC1NC(=O)CC(C(=O)NC(CO)c2ccc(C(F)(F)F)cc2)N1. The summed E-state index contributed by atoms with van der Waals surface area (Å²) in [6, 6.07) is 2.41. The predicted molar refractivity (Wildman–Crippen MR) is 84.8 cm³/mol. The number of carbonyl (C=O) groups is 2. The molecule has 1 heterocycles. The van der Waals surface area contributed by atoms with Crippen LogP contribution >= 0.6 is 0 Å². The highest BCUT2D eigenvalue weighted by atomic mass is 19.4. The van der Waals surface area contributed by atoms with E-state index in [0.717, 1.165) is 12.1 Å². The third-order valence-corrected chi connectivity index (χ3v) is 3.92. The fourth-order valence-corrected chi connectivity index (χ4v) is 2.62. The fourth-order valence-electron chi connectivity index (χ4n) is 2.62. The van der Waals surface area contributed by atoms with Crippen LogP contribution in [0.25, 0.3) is 0 Å². The Morgan fingerprint density at radius 3 is 2.58 bits per heavy atom. The van der Waals surface area contributed by atoms with Crippen LogP contribution in [0.3, 0.4) is 0 Å². The molecule has 2 amide bonds. The number of hydrogen-bond donors (Lipinski definition) is 4. The van der Waals surface area contributed by atoms with Gasteiger partial charge in [-0.2, -0.15) is 13.2 Å². The first-order chi connectivity index (χ1) is 12.2. The molecule has 3 unspecified atom stereocenters. The molecule has 0 spiro atoms. The van der Waals surface area contributed by atoms with Crippen molar-refractivity contribution in [1.29, 1.82) is 0 Å². The molecule has 1 aliphatic heterocycles. The van der Waals surface area contributed by atoms with Crippen molar-refractivity contribution in [3.05, 3.63) is 35.4 Å². The molecule has 1 aromatic rings. The number of methoxy groups -OCH3 is 1. The Hall–Kier alpha value is -2.17. The number of rotatable bonds is 6. The number of nitrogens with one attached hydrogen (secondary N) is 3. The van der Waals surface area contributed by atoms with Crippen LogP contribution in [0.15, 0.2) is 24.3 Å². The molecule has 0 aliphatic carbocycles. The molecule has 4 N–H and O–H groups in total. The van der Waals surface area contributed by atoms with Crippen LogP contribution in [0.1, 0.15) is 23.6 Å². The maximum absolute atomic E-state index is 12.6. The van der Waals surface area contributed by atoms with Crippen molar-refractivity contribution in [2.75, 3.05) is 20.3 Å². The van der Waals surface area contributed by atoms with Gasteiger partial charge in [0.25, 0.3) is 0 Å². The van der Waals surface area contributed by atoms with Gasteiger partial charge in [-0.3, -0.25) is 14.9 Å². The second-order valence-electron chi connectivity index (χ2n) is 5.86. The van der Waals surface area contributed by atoms with E-state index in [-0.39, 0.29) is 18.9 Å². The van der Waals surface area contributed by atoms with Gasteiger partial charge in [-0.05, 0) is 17.7 Å². The molecule has 1 fully saturated rings. The van der Waals surface area contributed by atoms with Crippen LogP contribution in [0.5, 0.6) is 0 Å². The third kappa shape index (κ3) is 5.16. The normalized spacial score (nSPS) is 21.8. The molecule has 0 aromatic heterocycles. The summed E-state index contributed by atoms with van der Waals surface area (Å²) in [7, 11) is 1.45. The number of halogens is 3. The second kappa shape index (κ2) is 8.47. The lowest BCUT2D eigenvalue weighted by Crippen LogP contribution is -2.62. The quantitative estimate of drug-likeness (QED) is 0.573. The smallest absolute Gasteiger partial charge is 0.394 e. The van der Waals surface area contributed by atoms with Crippen molar-refractivity contribution in [2.24, 2.45) is 0 Å². The molecule has 1 saturated heterocycles. The van der Waals surface area contributed by atoms with Crippen LogP contribution in [0.4, 0.5) is 13.2 Å². The molecule has 10 heteroatoms. The predicted octanol–water partition coefficient (Wildman–Crippen LogP) is 0.306. The minimum Gasteiger partial charge on any atom is -0.394 e. The molecule has 26 heavy (non-hydrogen) atoms. The first kappa shape index (κ1) is 20.1. The molecule has 2 rings (SSSR count). The molecular formula is C16H20F3N3O4. The van der Waals surface area contributed by atoms with Crippen LogP contribution in [0, 0.1) is 0 Å². The van der Waals surface area contributed by atoms with Crippen LogP contribution in [-0.2, 0) is 20.5 Å². The van der Waals surface area contributed by atoms with Crippen molar-refractivity contribution in [3.8, 4) is 0 Å². The van der Waals surface area contributed by atoms with Gasteiger partial charge in [-0.15, -0.1) is 0 Å². The monoisotopic (exact) mass is 375 g/mol. The Kier molecular flexibility index (Phi) is 6.57. The summed E-state index contributed by atoms with van der Waals surface area (Å²) in [6.45, 7) is -0.338. The van der Waals surface area contributed by atoms with E-state index in [1.54, 1.807) is 0 Å². The van der Waals surface area contributed by atoms with E-state index < -0.39 is 42.5 Å². The number of hydrogen-bond acceptors (Lipinski definition) is 5. The molecule has 1 aliphatic rings. The third-order valence-electron chi connectivity index (χ3n) is 3.92. The van der Waals surface area contributed by atoms with Gasteiger partial charge in [0.1, 0.15) is 6.17 Å². The summed E-state index contributed by atoms with van der Waals surface area (Å²) in [5, 5.41) is 17.5. The van der Waals surface area contributed by atoms with Gasteiger partial charge in [-0.25, -0.2) is 0 Å². The van der Waals surface area contributed by atoms with Crippen molar-refractivity contribution < 1.29 is 32.6 Å². The lowest BCUT2D eigenvalue weighted by atomic mass is 10.0. The maximum Gasteiger partial charge on any atom is 0.416 e. The van der Waals surface area contributed by atoms with Gasteiger partial charge in [-0.1, -0.05) is 12.1 Å². The van der Waals surface area contributed by atoms with Crippen LogP contribution in [0.2, 0.25) is 0 Å². The summed E-state index contributed by atoms with van der Waals surface area (Å²) in [5.41, 5.74) is -0.500. The van der Waals surface area contributed by atoms with Gasteiger partial charge in [0.05, 0.1) is 37.3 Å². The summed E-state index contributed by atoms with van der Waals surface area (Å²) in [6.07, 6.45) is -5.10. The van der Waals surface area contributed by atoms with Gasteiger partial charge in [0.2, 0.25) is 11.8 Å². The summed E-state index contributed by atoms with van der Waals surface area (Å²) in [4.78, 5) is 24.1. The maximum atomic E-state index is 12.6. The molecule has 3 atom stereocenters. The van der Waals surface area contributed by atoms with Crippen molar-refractivity contribution in [2.45, 2.75) is 30.8 Å². The van der Waals surface area contributed by atoms with Gasteiger partial charge in [0.15, 0.2) is 0 Å². The minimum atomic E-state index is -4.47. The van der Waals surface area contributed by atoms with Crippen LogP contribution in [-0.4, -0.2) is 49.5 Å². The standard InChI is InChI=1S/C16H20F3N3O4/c1-26-8-13-20-11(6-14(24)22-13)15(25)21-12(7-23)9-2-4-10(5-3-9)16(17,18)19/h2-5,11-13,20,23H,6-8H2,1H3,(H,21,25)(H,22,24). The van der Waals surface area contributed by atoms with E-state index in [9.17, 15) is 27.9 Å². The molecule has 7 nitrogen and oxygen atoms in total. The zero-order valence-electron chi connectivity index (χ0n) is 14.0. The van der Waals surface area contributed by atoms with E-state index in [1.165, 1.54) is 19.2 Å². The summed E-state index contributed by atoms with van der Waals surface area (Å²) < 4.78 is 42.8. The lowest BCUT2D eigenvalue weighted by Gasteiger charge is -2.31. The first-order valence-corrected chi connectivity index (χ1v) is 7.87. The summed E-state index contributed by atoms with van der Waals surface area (Å²) in [5.74, 6) is -0.874. The zero-order chi connectivity index (χ0) is 19.3. The molecular weight excluding hydrogens is 355 g/mol. The topological polar surface area (TPSA) is 99.7 Å². The zero-order valence-corrected chi connectivity index (χ0v) is 14.0. The molecule has 0 bridgehead atoms. The van der Waals surface area contributed by atoms with E-state index in [2.05, 4.69) is 16.0 Å². The first-order valence-electron chi connectivity index (χ1n) is 7.87. The fraction of sp³-hybridized carbons (Fsp3) is 0.500. The van der Waals surface area contributed by atoms with Gasteiger partial charge < -0.3 is 20.5 Å². The highest BCUT2D eigenvalue weighted by Crippen LogP contribution is 2.29. The number of alkyl halides is 3. The van der Waals surface area contributed by atoms with Crippen molar-refractivity contribution >= 4 is 11.8 Å². The number of aliphatic hydroxyl groups is 1. The largest absolute Gasteiger partial charge is 0.416 e.